The van der Waals surface area contributed by atoms with Gasteiger partial charge in [0.1, 0.15) is 5.75 Å². The molecule has 1 aliphatic heterocycles. The van der Waals surface area contributed by atoms with Crippen molar-refractivity contribution in [3.63, 3.8) is 0 Å². The van der Waals surface area contributed by atoms with Crippen molar-refractivity contribution in [1.29, 1.82) is 0 Å². The van der Waals surface area contributed by atoms with Crippen LogP contribution in [-0.2, 0) is 11.3 Å². The van der Waals surface area contributed by atoms with Gasteiger partial charge >= 0.3 is 0 Å². The predicted molar refractivity (Wildman–Crippen MR) is 97.6 cm³/mol. The normalized spacial score (nSPS) is 18.3. The molecule has 0 unspecified atom stereocenters. The summed E-state index contributed by atoms with van der Waals surface area (Å²) in [7, 11) is 0. The Morgan fingerprint density at radius 2 is 1.92 bits per heavy atom. The van der Waals surface area contributed by atoms with Crippen molar-refractivity contribution in [3.8, 4) is 5.75 Å². The molecule has 1 aliphatic rings. The predicted octanol–water partition coefficient (Wildman–Crippen LogP) is 3.40. The van der Waals surface area contributed by atoms with Gasteiger partial charge in [-0.1, -0.05) is 42.5 Å². The Kier molecular flexibility index (Phi) is 6.10. The maximum atomic E-state index is 5.92. The average molecular weight is 326 g/mol. The summed E-state index contributed by atoms with van der Waals surface area (Å²) < 4.78 is 11.6. The van der Waals surface area contributed by atoms with Crippen molar-refractivity contribution in [3.05, 3.63) is 60.2 Å². The smallest absolute Gasteiger partial charge is 0.142 e. The lowest BCUT2D eigenvalue weighted by atomic mass is 10.2. The number of nitrogens with one attached hydrogen (secondary N) is 1. The van der Waals surface area contributed by atoms with Gasteiger partial charge in [0.2, 0.25) is 0 Å². The largest absolute Gasteiger partial charge is 0.492 e. The Bertz CT molecular complexity index is 618. The van der Waals surface area contributed by atoms with Gasteiger partial charge in [-0.3, -0.25) is 4.90 Å². The first-order chi connectivity index (χ1) is 11.8. The second-order valence-corrected chi connectivity index (χ2v) is 6.02. The Morgan fingerprint density at radius 1 is 1.12 bits per heavy atom. The maximum Gasteiger partial charge on any atom is 0.142 e. The topological polar surface area (TPSA) is 33.7 Å². The van der Waals surface area contributed by atoms with E-state index in [-0.39, 0.29) is 6.10 Å². The van der Waals surface area contributed by atoms with E-state index in [1.807, 2.05) is 25.1 Å². The molecule has 1 heterocycles. The number of nitrogens with zero attached hydrogens (tertiary/aromatic N) is 1. The molecule has 0 aromatic heterocycles. The molecule has 128 valence electrons. The summed E-state index contributed by atoms with van der Waals surface area (Å²) in [6, 6.07) is 18.7. The van der Waals surface area contributed by atoms with E-state index >= 15 is 0 Å². The van der Waals surface area contributed by atoms with Crippen LogP contribution in [0.15, 0.2) is 54.6 Å². The molecular formula is C20H26N2O2. The minimum atomic E-state index is 0.192. The summed E-state index contributed by atoms with van der Waals surface area (Å²) in [4.78, 5) is 2.46. The number of hydrogen-bond donors (Lipinski definition) is 1. The van der Waals surface area contributed by atoms with Crippen LogP contribution in [0.5, 0.6) is 5.75 Å². The van der Waals surface area contributed by atoms with Gasteiger partial charge in [-0.2, -0.15) is 0 Å². The number of morpholine rings is 1. The van der Waals surface area contributed by atoms with E-state index in [0.717, 1.165) is 44.2 Å². The third kappa shape index (κ3) is 4.73. The molecule has 4 nitrogen and oxygen atoms in total. The van der Waals surface area contributed by atoms with Gasteiger partial charge in [0, 0.05) is 26.2 Å². The Morgan fingerprint density at radius 3 is 2.75 bits per heavy atom. The molecule has 0 aliphatic carbocycles. The van der Waals surface area contributed by atoms with Gasteiger partial charge in [0.15, 0.2) is 0 Å². The van der Waals surface area contributed by atoms with E-state index < -0.39 is 0 Å². The molecule has 1 saturated heterocycles. The number of hydrogen-bond acceptors (Lipinski definition) is 4. The maximum absolute atomic E-state index is 5.92. The molecule has 0 spiro atoms. The third-order valence-electron chi connectivity index (χ3n) is 4.18. The number of ether oxygens (including phenoxy) is 2. The number of rotatable bonds is 7. The minimum absolute atomic E-state index is 0.192. The van der Waals surface area contributed by atoms with Gasteiger partial charge in [-0.15, -0.1) is 0 Å². The van der Waals surface area contributed by atoms with Gasteiger partial charge in [0.05, 0.1) is 25.0 Å². The Hall–Kier alpha value is -2.04. The molecular weight excluding hydrogens is 300 g/mol. The Labute approximate surface area is 144 Å². The fourth-order valence-corrected chi connectivity index (χ4v) is 3.01. The standard InChI is InChI=1S/C20H26N2O2/c1-2-23-20-11-7-6-10-19(20)21-14-18-16-22(12-13-24-18)15-17-8-4-3-5-9-17/h3-11,18,21H,2,12-16H2,1H3/t18-/m1/s1. The first-order valence-corrected chi connectivity index (χ1v) is 8.68. The molecule has 0 saturated carbocycles. The van der Waals surface area contributed by atoms with E-state index in [0.29, 0.717) is 6.61 Å². The summed E-state index contributed by atoms with van der Waals surface area (Å²) >= 11 is 0. The van der Waals surface area contributed by atoms with Crippen LogP contribution < -0.4 is 10.1 Å². The van der Waals surface area contributed by atoms with E-state index in [2.05, 4.69) is 46.6 Å². The monoisotopic (exact) mass is 326 g/mol. The third-order valence-corrected chi connectivity index (χ3v) is 4.18. The van der Waals surface area contributed by atoms with E-state index in [1.54, 1.807) is 0 Å². The highest BCUT2D eigenvalue weighted by Gasteiger charge is 2.20. The van der Waals surface area contributed by atoms with Crippen LogP contribution in [0.2, 0.25) is 0 Å². The van der Waals surface area contributed by atoms with Crippen LogP contribution in [0.1, 0.15) is 12.5 Å². The lowest BCUT2D eigenvalue weighted by Crippen LogP contribution is -2.44. The van der Waals surface area contributed by atoms with Crippen molar-refractivity contribution >= 4 is 5.69 Å². The van der Waals surface area contributed by atoms with Crippen molar-refractivity contribution in [1.82, 2.24) is 4.90 Å². The summed E-state index contributed by atoms with van der Waals surface area (Å²) in [5, 5.41) is 3.48. The number of para-hydroxylation sites is 2. The van der Waals surface area contributed by atoms with Gasteiger partial charge in [-0.05, 0) is 24.6 Å². The zero-order valence-electron chi connectivity index (χ0n) is 14.3. The fraction of sp³-hybridized carbons (Fsp3) is 0.400. The van der Waals surface area contributed by atoms with E-state index in [1.165, 1.54) is 5.56 Å². The van der Waals surface area contributed by atoms with E-state index in [9.17, 15) is 0 Å². The summed E-state index contributed by atoms with van der Waals surface area (Å²) in [6.07, 6.45) is 0.192. The first-order valence-electron chi connectivity index (χ1n) is 8.68. The van der Waals surface area contributed by atoms with Crippen LogP contribution in [0.3, 0.4) is 0 Å². The summed E-state index contributed by atoms with van der Waals surface area (Å²) in [6.45, 7) is 7.16. The second kappa shape index (κ2) is 8.71. The van der Waals surface area contributed by atoms with Gasteiger partial charge in [0.25, 0.3) is 0 Å². The molecule has 1 N–H and O–H groups in total. The van der Waals surface area contributed by atoms with Crippen molar-refractivity contribution in [2.24, 2.45) is 0 Å². The van der Waals surface area contributed by atoms with Crippen LogP contribution in [0.4, 0.5) is 5.69 Å². The zero-order valence-corrected chi connectivity index (χ0v) is 14.3. The highest BCUT2D eigenvalue weighted by Crippen LogP contribution is 2.24. The molecule has 4 heteroatoms. The molecule has 24 heavy (non-hydrogen) atoms. The lowest BCUT2D eigenvalue weighted by Gasteiger charge is -2.33. The quantitative estimate of drug-likeness (QED) is 0.845. The minimum Gasteiger partial charge on any atom is -0.492 e. The van der Waals surface area contributed by atoms with Gasteiger partial charge < -0.3 is 14.8 Å². The number of anilines is 1. The zero-order chi connectivity index (χ0) is 16.6. The summed E-state index contributed by atoms with van der Waals surface area (Å²) in [5.41, 5.74) is 2.39. The molecule has 3 rings (SSSR count). The van der Waals surface area contributed by atoms with Crippen LogP contribution >= 0.6 is 0 Å². The molecule has 0 bridgehead atoms. The fourth-order valence-electron chi connectivity index (χ4n) is 3.01. The van der Waals surface area contributed by atoms with E-state index in [4.69, 9.17) is 9.47 Å². The first kappa shape index (κ1) is 16.8. The molecule has 0 radical (unpaired) electrons. The Balaban J connectivity index is 1.52. The van der Waals surface area contributed by atoms with Crippen LogP contribution in [-0.4, -0.2) is 43.9 Å². The lowest BCUT2D eigenvalue weighted by molar-refractivity contribution is -0.0240. The summed E-state index contributed by atoms with van der Waals surface area (Å²) in [5.74, 6) is 0.900. The average Bonchev–Trinajstić information content (AvgIpc) is 2.62. The van der Waals surface area contributed by atoms with Crippen molar-refractivity contribution in [2.75, 3.05) is 38.2 Å². The van der Waals surface area contributed by atoms with Crippen molar-refractivity contribution < 1.29 is 9.47 Å². The molecule has 1 atom stereocenters. The van der Waals surface area contributed by atoms with Crippen molar-refractivity contribution in [2.45, 2.75) is 19.6 Å². The molecule has 0 amide bonds. The number of benzene rings is 2. The molecule has 2 aromatic carbocycles. The molecule has 2 aromatic rings. The van der Waals surface area contributed by atoms with Crippen LogP contribution in [0, 0.1) is 0 Å². The highest BCUT2D eigenvalue weighted by molar-refractivity contribution is 5.56. The highest BCUT2D eigenvalue weighted by atomic mass is 16.5. The second-order valence-electron chi connectivity index (χ2n) is 6.02. The SMILES string of the molecule is CCOc1ccccc1NC[C@@H]1CN(Cc2ccccc2)CCO1. The van der Waals surface area contributed by atoms with Gasteiger partial charge in [-0.25, -0.2) is 0 Å². The van der Waals surface area contributed by atoms with Crippen LogP contribution in [0.25, 0.3) is 0 Å². The molecule has 1 fully saturated rings.